The number of anilines is 1. The summed E-state index contributed by atoms with van der Waals surface area (Å²) in [6.45, 7) is 4.31. The maximum absolute atomic E-state index is 12.0. The predicted molar refractivity (Wildman–Crippen MR) is 87.0 cm³/mol. The van der Waals surface area contributed by atoms with Gasteiger partial charge in [0.1, 0.15) is 0 Å². The molecule has 104 valence electrons. The summed E-state index contributed by atoms with van der Waals surface area (Å²) in [5, 5.41) is 2.92. The minimum atomic E-state index is -0.00537. The summed E-state index contributed by atoms with van der Waals surface area (Å²) in [4.78, 5) is 12.0. The summed E-state index contributed by atoms with van der Waals surface area (Å²) in [7, 11) is 0. The van der Waals surface area contributed by atoms with Crippen LogP contribution in [-0.2, 0) is 11.2 Å². The minimum Gasteiger partial charge on any atom is -0.326 e. The fourth-order valence-corrected chi connectivity index (χ4v) is 2.40. The lowest BCUT2D eigenvalue weighted by molar-refractivity contribution is -0.115. The summed E-state index contributed by atoms with van der Waals surface area (Å²) in [6.07, 6.45) is 0.368. The zero-order chi connectivity index (χ0) is 14.5. The maximum atomic E-state index is 12.0. The van der Waals surface area contributed by atoms with Gasteiger partial charge in [-0.05, 0) is 35.2 Å². The molecule has 2 rings (SSSR count). The van der Waals surface area contributed by atoms with Crippen LogP contribution in [0.3, 0.4) is 0 Å². The molecule has 0 atom stereocenters. The second kappa shape index (κ2) is 6.71. The third-order valence-corrected chi connectivity index (χ3v) is 3.94. The Morgan fingerprint density at radius 1 is 1.10 bits per heavy atom. The fraction of sp³-hybridized carbons (Fsp3) is 0.235. The molecule has 1 amide bonds. The molecule has 20 heavy (non-hydrogen) atoms. The van der Waals surface area contributed by atoms with Gasteiger partial charge in [0.25, 0.3) is 0 Å². The normalized spacial score (nSPS) is 10.6. The summed E-state index contributed by atoms with van der Waals surface area (Å²) in [6, 6.07) is 15.8. The number of carbonyl (C=O) groups excluding carboxylic acids is 1. The van der Waals surface area contributed by atoms with Gasteiger partial charge >= 0.3 is 0 Å². The third-order valence-electron chi connectivity index (χ3n) is 3.17. The Balaban J connectivity index is 1.99. The van der Waals surface area contributed by atoms with Crippen LogP contribution in [0.4, 0.5) is 5.69 Å². The first kappa shape index (κ1) is 14.8. The number of hydrogen-bond acceptors (Lipinski definition) is 1. The average molecular weight is 332 g/mol. The van der Waals surface area contributed by atoms with Crippen molar-refractivity contribution in [3.8, 4) is 0 Å². The smallest absolute Gasteiger partial charge is 0.228 e. The van der Waals surface area contributed by atoms with Crippen LogP contribution in [0.1, 0.15) is 30.9 Å². The molecule has 0 bridgehead atoms. The van der Waals surface area contributed by atoms with Crippen molar-refractivity contribution in [3.05, 3.63) is 64.1 Å². The minimum absolute atomic E-state index is 0.00537. The van der Waals surface area contributed by atoms with E-state index in [1.807, 2.05) is 36.4 Å². The number of hydrogen-bond donors (Lipinski definition) is 1. The van der Waals surface area contributed by atoms with E-state index in [1.165, 1.54) is 5.56 Å². The first-order valence-electron chi connectivity index (χ1n) is 6.69. The van der Waals surface area contributed by atoms with E-state index in [0.717, 1.165) is 15.7 Å². The first-order chi connectivity index (χ1) is 9.56. The molecule has 0 radical (unpaired) electrons. The van der Waals surface area contributed by atoms with Crippen molar-refractivity contribution in [2.24, 2.45) is 0 Å². The highest BCUT2D eigenvalue weighted by molar-refractivity contribution is 9.10. The Labute approximate surface area is 128 Å². The van der Waals surface area contributed by atoms with Crippen LogP contribution in [0, 0.1) is 0 Å². The van der Waals surface area contributed by atoms with Crippen LogP contribution >= 0.6 is 15.9 Å². The average Bonchev–Trinajstić information content (AvgIpc) is 2.42. The Morgan fingerprint density at radius 2 is 1.75 bits per heavy atom. The largest absolute Gasteiger partial charge is 0.326 e. The van der Waals surface area contributed by atoms with Crippen molar-refractivity contribution in [1.82, 2.24) is 0 Å². The molecule has 2 nitrogen and oxygen atoms in total. The van der Waals surface area contributed by atoms with E-state index in [-0.39, 0.29) is 5.91 Å². The molecule has 0 aliphatic carbocycles. The van der Waals surface area contributed by atoms with Crippen LogP contribution in [-0.4, -0.2) is 5.91 Å². The molecule has 0 saturated carbocycles. The van der Waals surface area contributed by atoms with Gasteiger partial charge in [0, 0.05) is 10.2 Å². The zero-order valence-corrected chi connectivity index (χ0v) is 13.3. The molecule has 3 heteroatoms. The first-order valence-corrected chi connectivity index (χ1v) is 7.49. The van der Waals surface area contributed by atoms with Gasteiger partial charge in [0.15, 0.2) is 0 Å². The highest BCUT2D eigenvalue weighted by atomic mass is 79.9. The molecule has 0 heterocycles. The lowest BCUT2D eigenvalue weighted by Gasteiger charge is -2.09. The number of amides is 1. The lowest BCUT2D eigenvalue weighted by Crippen LogP contribution is -2.14. The van der Waals surface area contributed by atoms with Crippen molar-refractivity contribution in [2.45, 2.75) is 26.2 Å². The van der Waals surface area contributed by atoms with Crippen molar-refractivity contribution in [1.29, 1.82) is 0 Å². The standard InChI is InChI=1S/C17H18BrNO/c1-12(2)13-7-9-15(10-8-13)19-17(20)11-14-5-3-4-6-16(14)18/h3-10,12H,11H2,1-2H3,(H,19,20). The molecule has 0 fully saturated rings. The maximum Gasteiger partial charge on any atom is 0.228 e. The quantitative estimate of drug-likeness (QED) is 0.860. The second-order valence-corrected chi connectivity index (χ2v) is 5.95. The van der Waals surface area contributed by atoms with E-state index in [1.54, 1.807) is 0 Å². The van der Waals surface area contributed by atoms with E-state index < -0.39 is 0 Å². The number of halogens is 1. The van der Waals surface area contributed by atoms with Gasteiger partial charge in [-0.15, -0.1) is 0 Å². The monoisotopic (exact) mass is 331 g/mol. The topological polar surface area (TPSA) is 29.1 Å². The van der Waals surface area contributed by atoms with Crippen LogP contribution in [0.5, 0.6) is 0 Å². The van der Waals surface area contributed by atoms with Crippen molar-refractivity contribution in [3.63, 3.8) is 0 Å². The molecule has 2 aromatic carbocycles. The highest BCUT2D eigenvalue weighted by Gasteiger charge is 2.07. The lowest BCUT2D eigenvalue weighted by atomic mass is 10.0. The van der Waals surface area contributed by atoms with Crippen LogP contribution in [0.2, 0.25) is 0 Å². The molecule has 0 saturated heterocycles. The molecule has 0 spiro atoms. The van der Waals surface area contributed by atoms with Gasteiger partial charge in [0.2, 0.25) is 5.91 Å². The number of carbonyl (C=O) groups is 1. The molecule has 0 unspecified atom stereocenters. The van der Waals surface area contributed by atoms with Crippen molar-refractivity contribution < 1.29 is 4.79 Å². The molecule has 1 N–H and O–H groups in total. The number of benzene rings is 2. The van der Waals surface area contributed by atoms with Gasteiger partial charge in [0.05, 0.1) is 6.42 Å². The molecule has 2 aromatic rings. The number of rotatable bonds is 4. The van der Waals surface area contributed by atoms with E-state index in [4.69, 9.17) is 0 Å². The summed E-state index contributed by atoms with van der Waals surface area (Å²) < 4.78 is 0.963. The van der Waals surface area contributed by atoms with Crippen LogP contribution in [0.25, 0.3) is 0 Å². The SMILES string of the molecule is CC(C)c1ccc(NC(=O)Cc2ccccc2Br)cc1. The molecule has 0 aliphatic rings. The van der Waals surface area contributed by atoms with Crippen molar-refractivity contribution in [2.75, 3.05) is 5.32 Å². The summed E-state index contributed by atoms with van der Waals surface area (Å²) in [5.41, 5.74) is 3.10. The predicted octanol–water partition coefficient (Wildman–Crippen LogP) is 4.75. The molecule has 0 aliphatic heterocycles. The summed E-state index contributed by atoms with van der Waals surface area (Å²) in [5.74, 6) is 0.495. The van der Waals surface area contributed by atoms with Gasteiger partial charge in [-0.2, -0.15) is 0 Å². The van der Waals surface area contributed by atoms with Crippen molar-refractivity contribution >= 4 is 27.5 Å². The molecular weight excluding hydrogens is 314 g/mol. The third kappa shape index (κ3) is 3.94. The van der Waals surface area contributed by atoms with E-state index in [9.17, 15) is 4.79 Å². The van der Waals surface area contributed by atoms with E-state index in [0.29, 0.717) is 12.3 Å². The zero-order valence-electron chi connectivity index (χ0n) is 11.7. The fourth-order valence-electron chi connectivity index (χ4n) is 1.97. The van der Waals surface area contributed by atoms with Gasteiger partial charge < -0.3 is 5.32 Å². The van der Waals surface area contributed by atoms with Gasteiger partial charge in [-0.25, -0.2) is 0 Å². The van der Waals surface area contributed by atoms with Crippen LogP contribution < -0.4 is 5.32 Å². The Hall–Kier alpha value is -1.61. The Bertz CT molecular complexity index is 590. The summed E-state index contributed by atoms with van der Waals surface area (Å²) >= 11 is 3.46. The number of nitrogens with one attached hydrogen (secondary N) is 1. The second-order valence-electron chi connectivity index (χ2n) is 5.09. The van der Waals surface area contributed by atoms with E-state index >= 15 is 0 Å². The van der Waals surface area contributed by atoms with Crippen LogP contribution in [0.15, 0.2) is 53.0 Å². The van der Waals surface area contributed by atoms with Gasteiger partial charge in [-0.1, -0.05) is 60.1 Å². The van der Waals surface area contributed by atoms with Gasteiger partial charge in [-0.3, -0.25) is 4.79 Å². The Morgan fingerprint density at radius 3 is 2.35 bits per heavy atom. The molecule has 0 aromatic heterocycles. The Kier molecular flexibility index (Phi) is 4.96. The van der Waals surface area contributed by atoms with E-state index in [2.05, 4.69) is 47.2 Å². The molecular formula is C17H18BrNO. The highest BCUT2D eigenvalue weighted by Crippen LogP contribution is 2.19.